The zero-order valence-electron chi connectivity index (χ0n) is 18.4. The molecule has 3 aliphatic rings. The van der Waals surface area contributed by atoms with Crippen LogP contribution in [0.1, 0.15) is 64.2 Å². The first kappa shape index (κ1) is 22.3. The Kier molecular flexibility index (Phi) is 7.59. The Balaban J connectivity index is 1.23. The molecule has 1 aromatic carbocycles. The average molecular weight is 447 g/mol. The number of benzene rings is 1. The van der Waals surface area contributed by atoms with Gasteiger partial charge in [0.2, 0.25) is 5.91 Å². The van der Waals surface area contributed by atoms with Crippen LogP contribution in [0.15, 0.2) is 18.2 Å². The minimum Gasteiger partial charge on any atom is -0.370 e. The highest BCUT2D eigenvalue weighted by atomic mass is 35.5. The van der Waals surface area contributed by atoms with E-state index in [0.29, 0.717) is 16.6 Å². The SMILES string of the molecule is O=C(Nc1ccc(N2CCCCC2)c(Cl)c1)NC1CCN(C(=O)C2CCCCC2)CC1. The summed E-state index contributed by atoms with van der Waals surface area (Å²) in [6, 6.07) is 5.63. The van der Waals surface area contributed by atoms with E-state index in [1.807, 2.05) is 23.1 Å². The number of urea groups is 1. The fraction of sp³-hybridized carbons (Fsp3) is 0.667. The fourth-order valence-corrected chi connectivity index (χ4v) is 5.48. The molecule has 2 N–H and O–H groups in total. The number of nitrogens with one attached hydrogen (secondary N) is 2. The van der Waals surface area contributed by atoms with Crippen LogP contribution in [0.25, 0.3) is 0 Å². The molecule has 2 saturated heterocycles. The molecule has 1 saturated carbocycles. The van der Waals surface area contributed by atoms with Crippen LogP contribution in [-0.2, 0) is 4.79 Å². The summed E-state index contributed by atoms with van der Waals surface area (Å²) in [5, 5.41) is 6.65. The molecular weight excluding hydrogens is 412 g/mol. The number of carbonyl (C=O) groups is 2. The molecule has 3 amide bonds. The normalized spacial score (nSPS) is 21.1. The number of halogens is 1. The van der Waals surface area contributed by atoms with Crippen molar-refractivity contribution in [3.05, 3.63) is 23.2 Å². The van der Waals surface area contributed by atoms with Crippen molar-refractivity contribution in [2.24, 2.45) is 5.92 Å². The first-order valence-electron chi connectivity index (χ1n) is 12.0. The van der Waals surface area contributed by atoms with Gasteiger partial charge in [-0.15, -0.1) is 0 Å². The second-order valence-electron chi connectivity index (χ2n) is 9.25. The molecule has 0 aromatic heterocycles. The second-order valence-corrected chi connectivity index (χ2v) is 9.65. The standard InChI is InChI=1S/C24H35ClN4O2/c25-21-17-20(9-10-22(21)28-13-5-2-6-14-28)27-24(31)26-19-11-15-29(16-12-19)23(30)18-7-3-1-4-8-18/h9-10,17-19H,1-8,11-16H2,(H2,26,27,31). The summed E-state index contributed by atoms with van der Waals surface area (Å²) in [6.07, 6.45) is 11.0. The van der Waals surface area contributed by atoms with Crippen molar-refractivity contribution in [2.75, 3.05) is 36.4 Å². The van der Waals surface area contributed by atoms with E-state index in [0.717, 1.165) is 57.5 Å². The third-order valence-corrected chi connectivity index (χ3v) is 7.30. The highest BCUT2D eigenvalue weighted by molar-refractivity contribution is 6.33. The number of nitrogens with zero attached hydrogens (tertiary/aromatic N) is 2. The van der Waals surface area contributed by atoms with Crippen LogP contribution in [-0.4, -0.2) is 49.1 Å². The Labute approximate surface area is 190 Å². The van der Waals surface area contributed by atoms with Crippen LogP contribution in [0.4, 0.5) is 16.2 Å². The van der Waals surface area contributed by atoms with Crippen molar-refractivity contribution in [2.45, 2.75) is 70.3 Å². The van der Waals surface area contributed by atoms with E-state index < -0.39 is 0 Å². The van der Waals surface area contributed by atoms with Crippen LogP contribution in [0, 0.1) is 5.92 Å². The van der Waals surface area contributed by atoms with Crippen LogP contribution in [0.2, 0.25) is 5.02 Å². The van der Waals surface area contributed by atoms with Gasteiger partial charge in [0, 0.05) is 43.8 Å². The first-order valence-corrected chi connectivity index (χ1v) is 12.4. The number of likely N-dealkylation sites (tertiary alicyclic amines) is 1. The molecular formula is C24H35ClN4O2. The minimum absolute atomic E-state index is 0.0958. The molecule has 1 aromatic rings. The molecule has 0 bridgehead atoms. The van der Waals surface area contributed by atoms with Gasteiger partial charge in [-0.2, -0.15) is 0 Å². The molecule has 6 nitrogen and oxygen atoms in total. The summed E-state index contributed by atoms with van der Waals surface area (Å²) in [7, 11) is 0. The summed E-state index contributed by atoms with van der Waals surface area (Å²) in [6.45, 7) is 3.54. The number of amides is 3. The number of piperidine rings is 2. The molecule has 31 heavy (non-hydrogen) atoms. The van der Waals surface area contributed by atoms with Gasteiger partial charge >= 0.3 is 6.03 Å². The van der Waals surface area contributed by atoms with Gasteiger partial charge in [-0.1, -0.05) is 30.9 Å². The largest absolute Gasteiger partial charge is 0.370 e. The summed E-state index contributed by atoms with van der Waals surface area (Å²) in [4.78, 5) is 29.5. The highest BCUT2D eigenvalue weighted by Crippen LogP contribution is 2.31. The van der Waals surface area contributed by atoms with Crippen LogP contribution >= 0.6 is 11.6 Å². The number of hydrogen-bond acceptors (Lipinski definition) is 3. The zero-order valence-corrected chi connectivity index (χ0v) is 19.1. The third kappa shape index (κ3) is 5.85. The van der Waals surface area contributed by atoms with E-state index in [-0.39, 0.29) is 18.0 Å². The van der Waals surface area contributed by atoms with Gasteiger partial charge in [-0.05, 0) is 63.1 Å². The number of hydrogen-bond donors (Lipinski definition) is 2. The van der Waals surface area contributed by atoms with Crippen LogP contribution < -0.4 is 15.5 Å². The highest BCUT2D eigenvalue weighted by Gasteiger charge is 2.29. The molecule has 0 atom stereocenters. The summed E-state index contributed by atoms with van der Waals surface area (Å²) >= 11 is 6.50. The van der Waals surface area contributed by atoms with Gasteiger partial charge in [-0.25, -0.2) is 4.79 Å². The quantitative estimate of drug-likeness (QED) is 0.682. The van der Waals surface area contributed by atoms with Crippen molar-refractivity contribution in [3.63, 3.8) is 0 Å². The smallest absolute Gasteiger partial charge is 0.319 e. The molecule has 2 heterocycles. The molecule has 170 valence electrons. The zero-order chi connectivity index (χ0) is 21.6. The lowest BCUT2D eigenvalue weighted by Crippen LogP contribution is -2.49. The van der Waals surface area contributed by atoms with Gasteiger partial charge in [0.1, 0.15) is 0 Å². The first-order chi connectivity index (χ1) is 15.1. The summed E-state index contributed by atoms with van der Waals surface area (Å²) < 4.78 is 0. The number of rotatable bonds is 4. The molecule has 2 aliphatic heterocycles. The Morgan fingerprint density at radius 3 is 2.23 bits per heavy atom. The maximum Gasteiger partial charge on any atom is 0.319 e. The van der Waals surface area contributed by atoms with Gasteiger partial charge in [0.25, 0.3) is 0 Å². The Hall–Kier alpha value is -1.95. The predicted molar refractivity (Wildman–Crippen MR) is 126 cm³/mol. The Bertz CT molecular complexity index is 767. The van der Waals surface area contributed by atoms with Crippen molar-refractivity contribution in [1.29, 1.82) is 0 Å². The lowest BCUT2D eigenvalue weighted by molar-refractivity contribution is -0.137. The van der Waals surface area contributed by atoms with E-state index in [1.54, 1.807) is 0 Å². The molecule has 1 aliphatic carbocycles. The summed E-state index contributed by atoms with van der Waals surface area (Å²) in [5.74, 6) is 0.547. The molecule has 0 radical (unpaired) electrons. The average Bonchev–Trinajstić information content (AvgIpc) is 2.80. The van der Waals surface area contributed by atoms with E-state index in [2.05, 4.69) is 15.5 Å². The third-order valence-electron chi connectivity index (χ3n) is 7.00. The lowest BCUT2D eigenvalue weighted by atomic mass is 9.87. The van der Waals surface area contributed by atoms with Gasteiger partial charge in [0.05, 0.1) is 10.7 Å². The Morgan fingerprint density at radius 1 is 0.871 bits per heavy atom. The summed E-state index contributed by atoms with van der Waals surface area (Å²) in [5.41, 5.74) is 1.75. The van der Waals surface area contributed by atoms with Crippen molar-refractivity contribution >= 4 is 34.9 Å². The maximum atomic E-state index is 12.7. The van der Waals surface area contributed by atoms with Crippen LogP contribution in [0.5, 0.6) is 0 Å². The topological polar surface area (TPSA) is 64.7 Å². The molecule has 0 spiro atoms. The van der Waals surface area contributed by atoms with Crippen LogP contribution in [0.3, 0.4) is 0 Å². The fourth-order valence-electron chi connectivity index (χ4n) is 5.18. The number of carbonyl (C=O) groups excluding carboxylic acids is 2. The minimum atomic E-state index is -0.209. The lowest BCUT2D eigenvalue weighted by Gasteiger charge is -2.35. The Morgan fingerprint density at radius 2 is 1.55 bits per heavy atom. The van der Waals surface area contributed by atoms with E-state index in [1.165, 1.54) is 38.5 Å². The molecule has 4 rings (SSSR count). The number of anilines is 2. The van der Waals surface area contributed by atoms with E-state index in [9.17, 15) is 9.59 Å². The van der Waals surface area contributed by atoms with Gasteiger partial charge in [-0.3, -0.25) is 4.79 Å². The molecule has 7 heteroatoms. The van der Waals surface area contributed by atoms with Gasteiger partial charge < -0.3 is 20.4 Å². The van der Waals surface area contributed by atoms with E-state index in [4.69, 9.17) is 11.6 Å². The predicted octanol–water partition coefficient (Wildman–Crippen LogP) is 5.02. The molecule has 0 unspecified atom stereocenters. The van der Waals surface area contributed by atoms with E-state index >= 15 is 0 Å². The van der Waals surface area contributed by atoms with Crippen molar-refractivity contribution in [3.8, 4) is 0 Å². The van der Waals surface area contributed by atoms with Gasteiger partial charge in [0.15, 0.2) is 0 Å². The second kappa shape index (κ2) is 10.6. The monoisotopic (exact) mass is 446 g/mol. The maximum absolute atomic E-state index is 12.7. The molecule has 3 fully saturated rings. The van der Waals surface area contributed by atoms with Crippen molar-refractivity contribution in [1.82, 2.24) is 10.2 Å². The van der Waals surface area contributed by atoms with Crippen molar-refractivity contribution < 1.29 is 9.59 Å².